The maximum atomic E-state index is 9.96. The number of piperidine rings is 1. The molecule has 0 radical (unpaired) electrons. The van der Waals surface area contributed by atoms with E-state index in [0.717, 1.165) is 31.6 Å². The molecule has 0 bridgehead atoms. The van der Waals surface area contributed by atoms with E-state index in [9.17, 15) is 5.21 Å². The molecule has 3 nitrogen and oxygen atoms in total. The smallest absolute Gasteiger partial charge is 0.00940 e. The Hall–Kier alpha value is -0.570. The molecule has 1 saturated heterocycles. The normalized spacial score (nSPS) is 22.1. The Labute approximate surface area is 55.0 Å². The molecular formula is C6H11N2O-. The lowest BCUT2D eigenvalue weighted by Gasteiger charge is -2.23. The molecule has 0 N–H and O–H groups in total. The Kier molecular flexibility index (Phi) is 2.05. The third-order valence-corrected chi connectivity index (χ3v) is 1.69. The second-order valence-corrected chi connectivity index (χ2v) is 2.46. The summed E-state index contributed by atoms with van der Waals surface area (Å²) < 4.78 is 0. The van der Waals surface area contributed by atoms with Gasteiger partial charge >= 0.3 is 0 Å². The van der Waals surface area contributed by atoms with E-state index >= 15 is 0 Å². The van der Waals surface area contributed by atoms with Crippen LogP contribution in [0.3, 0.4) is 0 Å². The number of rotatable bonds is 0. The number of nitrogens with zero attached hydrogens (tertiary/aromatic N) is 2. The average Bonchev–Trinajstić information content (AvgIpc) is 1.90. The highest BCUT2D eigenvalue weighted by Gasteiger charge is 2.08. The van der Waals surface area contributed by atoms with Gasteiger partial charge in [-0.1, -0.05) is 0 Å². The molecule has 0 aromatic heterocycles. The Morgan fingerprint density at radius 2 is 2.00 bits per heavy atom. The van der Waals surface area contributed by atoms with Gasteiger partial charge in [0.15, 0.2) is 0 Å². The fourth-order valence-corrected chi connectivity index (χ4v) is 0.968. The summed E-state index contributed by atoms with van der Waals surface area (Å²) in [6.45, 7) is 1.97. The summed E-state index contributed by atoms with van der Waals surface area (Å²) in [4.78, 5) is 2.20. The number of likely N-dealkylation sites (tertiary alicyclic amines) is 1. The molecule has 0 saturated carbocycles. The largest absolute Gasteiger partial charge is 0.792 e. The van der Waals surface area contributed by atoms with Crippen molar-refractivity contribution < 1.29 is 0 Å². The molecule has 9 heavy (non-hydrogen) atoms. The minimum atomic E-state index is 0.827. The van der Waals surface area contributed by atoms with Crippen LogP contribution >= 0.6 is 0 Å². The molecule has 3 heteroatoms. The zero-order chi connectivity index (χ0) is 6.69. The summed E-state index contributed by atoms with van der Waals surface area (Å²) in [5.74, 6) is 0. The molecule has 0 unspecified atom stereocenters. The molecule has 0 aromatic rings. The third-order valence-electron chi connectivity index (χ3n) is 1.69. The van der Waals surface area contributed by atoms with Gasteiger partial charge in [-0.25, -0.2) is 0 Å². The first-order chi connectivity index (χ1) is 4.33. The fraction of sp³-hybridized carbons (Fsp3) is 0.833. The summed E-state index contributed by atoms with van der Waals surface area (Å²) in [5, 5.41) is 12.9. The van der Waals surface area contributed by atoms with Crippen LogP contribution in [0.5, 0.6) is 0 Å². The number of hydrogen-bond acceptors (Lipinski definition) is 3. The molecular weight excluding hydrogens is 116 g/mol. The van der Waals surface area contributed by atoms with E-state index in [1.54, 1.807) is 0 Å². The van der Waals surface area contributed by atoms with Gasteiger partial charge in [-0.15, -0.1) is 0 Å². The standard InChI is InChI=1S/C6H12N2O/c1-8-4-2-6(7-9)3-5-8/h9H,2-5H2,1H3/p-1. The maximum absolute atomic E-state index is 9.96. The van der Waals surface area contributed by atoms with E-state index < -0.39 is 0 Å². The predicted molar refractivity (Wildman–Crippen MR) is 37.5 cm³/mol. The lowest BCUT2D eigenvalue weighted by atomic mass is 10.1. The molecule has 52 valence electrons. The van der Waals surface area contributed by atoms with Crippen molar-refractivity contribution >= 4 is 5.71 Å². The van der Waals surface area contributed by atoms with Gasteiger partial charge < -0.3 is 15.3 Å². The Balaban J connectivity index is 2.35. The zero-order valence-electron chi connectivity index (χ0n) is 5.63. The second kappa shape index (κ2) is 2.82. The molecule has 0 spiro atoms. The summed E-state index contributed by atoms with van der Waals surface area (Å²) in [5.41, 5.74) is 0.827. The average molecular weight is 127 g/mol. The SMILES string of the molecule is CN1CCC(=N[O-])CC1. The van der Waals surface area contributed by atoms with Gasteiger partial charge in [-0.05, 0) is 19.9 Å². The van der Waals surface area contributed by atoms with Crippen LogP contribution in [0.25, 0.3) is 0 Å². The second-order valence-electron chi connectivity index (χ2n) is 2.46. The first-order valence-electron chi connectivity index (χ1n) is 3.19. The Morgan fingerprint density at radius 3 is 2.44 bits per heavy atom. The van der Waals surface area contributed by atoms with Crippen molar-refractivity contribution in [1.29, 1.82) is 0 Å². The highest BCUT2D eigenvalue weighted by Crippen LogP contribution is 2.03. The minimum Gasteiger partial charge on any atom is -0.792 e. The van der Waals surface area contributed by atoms with E-state index in [0.29, 0.717) is 0 Å². The highest BCUT2D eigenvalue weighted by atomic mass is 16.4. The fourth-order valence-electron chi connectivity index (χ4n) is 0.968. The summed E-state index contributed by atoms with van der Waals surface area (Å²) in [6, 6.07) is 0. The first-order valence-corrected chi connectivity index (χ1v) is 3.19. The van der Waals surface area contributed by atoms with E-state index in [1.807, 2.05) is 0 Å². The highest BCUT2D eigenvalue weighted by molar-refractivity contribution is 5.85. The van der Waals surface area contributed by atoms with Gasteiger partial charge in [-0.2, -0.15) is 0 Å². The molecule has 0 amide bonds. The van der Waals surface area contributed by atoms with Gasteiger partial charge in [0.2, 0.25) is 0 Å². The molecule has 0 aromatic carbocycles. The van der Waals surface area contributed by atoms with Crippen molar-refractivity contribution in [3.63, 3.8) is 0 Å². The van der Waals surface area contributed by atoms with E-state index in [4.69, 9.17) is 0 Å². The van der Waals surface area contributed by atoms with Gasteiger partial charge in [0, 0.05) is 18.8 Å². The van der Waals surface area contributed by atoms with Crippen LogP contribution in [0.1, 0.15) is 12.8 Å². The third kappa shape index (κ3) is 1.68. The van der Waals surface area contributed by atoms with E-state index in [-0.39, 0.29) is 0 Å². The van der Waals surface area contributed by atoms with Crippen molar-refractivity contribution in [2.75, 3.05) is 20.1 Å². The molecule has 0 aliphatic carbocycles. The van der Waals surface area contributed by atoms with Crippen molar-refractivity contribution in [2.24, 2.45) is 5.16 Å². The van der Waals surface area contributed by atoms with Crippen molar-refractivity contribution in [3.8, 4) is 0 Å². The van der Waals surface area contributed by atoms with E-state index in [1.165, 1.54) is 0 Å². The van der Waals surface area contributed by atoms with Crippen molar-refractivity contribution in [3.05, 3.63) is 5.21 Å². The van der Waals surface area contributed by atoms with Crippen molar-refractivity contribution in [1.82, 2.24) is 4.90 Å². The van der Waals surface area contributed by atoms with Gasteiger partial charge in [0.05, 0.1) is 0 Å². The lowest BCUT2D eigenvalue weighted by Crippen LogP contribution is -2.30. The van der Waals surface area contributed by atoms with Crippen LogP contribution in [0.2, 0.25) is 0 Å². The van der Waals surface area contributed by atoms with Gasteiger partial charge in [0.25, 0.3) is 0 Å². The van der Waals surface area contributed by atoms with Crippen LogP contribution in [0, 0.1) is 5.21 Å². The quantitative estimate of drug-likeness (QED) is 0.448. The van der Waals surface area contributed by atoms with Crippen LogP contribution < -0.4 is 0 Å². The van der Waals surface area contributed by atoms with Crippen molar-refractivity contribution in [2.45, 2.75) is 12.8 Å². The number of hydrogen-bond donors (Lipinski definition) is 0. The predicted octanol–water partition coefficient (Wildman–Crippen LogP) is 0.651. The van der Waals surface area contributed by atoms with Crippen LogP contribution in [0.15, 0.2) is 5.16 Å². The molecule has 1 rings (SSSR count). The summed E-state index contributed by atoms with van der Waals surface area (Å²) in [6.07, 6.45) is 1.72. The summed E-state index contributed by atoms with van der Waals surface area (Å²) in [7, 11) is 2.06. The van der Waals surface area contributed by atoms with Gasteiger partial charge in [0.1, 0.15) is 0 Å². The Bertz CT molecular complexity index is 112. The first kappa shape index (κ1) is 6.55. The topological polar surface area (TPSA) is 38.7 Å². The van der Waals surface area contributed by atoms with Crippen LogP contribution in [-0.4, -0.2) is 30.7 Å². The molecule has 1 fully saturated rings. The van der Waals surface area contributed by atoms with Crippen LogP contribution in [-0.2, 0) is 0 Å². The minimum absolute atomic E-state index is 0.827. The summed E-state index contributed by atoms with van der Waals surface area (Å²) >= 11 is 0. The lowest BCUT2D eigenvalue weighted by molar-refractivity contribution is 0.336. The molecule has 1 aliphatic rings. The molecule has 1 heterocycles. The maximum Gasteiger partial charge on any atom is 0.00940 e. The van der Waals surface area contributed by atoms with E-state index in [2.05, 4.69) is 17.1 Å². The van der Waals surface area contributed by atoms with Gasteiger partial charge in [-0.3, -0.25) is 0 Å². The zero-order valence-corrected chi connectivity index (χ0v) is 5.63. The monoisotopic (exact) mass is 127 g/mol. The molecule has 0 atom stereocenters. The van der Waals surface area contributed by atoms with Crippen LogP contribution in [0.4, 0.5) is 0 Å². The Morgan fingerprint density at radius 1 is 1.44 bits per heavy atom. The molecule has 1 aliphatic heterocycles.